The van der Waals surface area contributed by atoms with Gasteiger partial charge in [-0.15, -0.1) is 0 Å². The average Bonchev–Trinajstić information content (AvgIpc) is 3.61. The van der Waals surface area contributed by atoms with Gasteiger partial charge < -0.3 is 29.4 Å². The molecule has 3 atom stereocenters. The summed E-state index contributed by atoms with van der Waals surface area (Å²) >= 11 is 0. The molecule has 0 spiro atoms. The van der Waals surface area contributed by atoms with Crippen molar-refractivity contribution in [1.82, 2.24) is 15.4 Å². The number of piperidine rings is 1. The van der Waals surface area contributed by atoms with E-state index >= 15 is 0 Å². The van der Waals surface area contributed by atoms with Crippen molar-refractivity contribution in [2.24, 2.45) is 11.8 Å². The lowest BCUT2D eigenvalue weighted by molar-refractivity contribution is -0.991. The maximum Gasteiger partial charge on any atom is 0.244 e. The summed E-state index contributed by atoms with van der Waals surface area (Å²) < 4.78 is 29.5. The van der Waals surface area contributed by atoms with Gasteiger partial charge in [0.2, 0.25) is 12.7 Å². The molecule has 2 aromatic carbocycles. The number of hydrogen-bond acceptors (Lipinski definition) is 8. The summed E-state index contributed by atoms with van der Waals surface area (Å²) in [5.74, 6) is 1.50. The van der Waals surface area contributed by atoms with Crippen LogP contribution >= 0.6 is 0 Å². The van der Waals surface area contributed by atoms with E-state index in [1.54, 1.807) is 12.1 Å². The first kappa shape index (κ1) is 27.6. The second-order valence-corrected chi connectivity index (χ2v) is 11.3. The number of likely N-dealkylation sites (tertiary alicyclic amines) is 1. The normalized spacial score (nSPS) is 22.4. The fourth-order valence-corrected chi connectivity index (χ4v) is 6.48. The summed E-state index contributed by atoms with van der Waals surface area (Å²) in [6.45, 7) is 3.59. The smallest absolute Gasteiger partial charge is 0.244 e. The van der Waals surface area contributed by atoms with E-state index in [9.17, 15) is 19.6 Å². The Balaban J connectivity index is 1.01. The van der Waals surface area contributed by atoms with E-state index in [4.69, 9.17) is 14.0 Å². The van der Waals surface area contributed by atoms with Crippen LogP contribution in [-0.4, -0.2) is 54.1 Å². The van der Waals surface area contributed by atoms with Gasteiger partial charge in [-0.2, -0.15) is 5.23 Å². The van der Waals surface area contributed by atoms with Crippen LogP contribution < -0.4 is 20.0 Å². The molecular formula is C30H35FN4O6. The second-order valence-electron chi connectivity index (χ2n) is 11.3. The Hall–Kier alpha value is -3.51. The highest BCUT2D eigenvalue weighted by molar-refractivity contribution is 5.92. The Bertz CT molecular complexity index is 1420. The molecule has 2 fully saturated rings. The van der Waals surface area contributed by atoms with Crippen LogP contribution in [0.5, 0.6) is 11.5 Å². The van der Waals surface area contributed by atoms with Crippen molar-refractivity contribution >= 4 is 28.6 Å². The molecule has 3 heterocycles. The average molecular weight is 567 g/mol. The van der Waals surface area contributed by atoms with E-state index < -0.39 is 5.23 Å². The van der Waals surface area contributed by atoms with Crippen LogP contribution in [0.2, 0.25) is 0 Å². The summed E-state index contributed by atoms with van der Waals surface area (Å²) in [5, 5.41) is 28.4. The lowest BCUT2D eigenvalue weighted by atomic mass is 9.78. The molecule has 11 heteroatoms. The van der Waals surface area contributed by atoms with Gasteiger partial charge in [0.25, 0.3) is 0 Å². The van der Waals surface area contributed by atoms with Gasteiger partial charge in [-0.05, 0) is 74.9 Å². The monoisotopic (exact) mass is 566 g/mol. The van der Waals surface area contributed by atoms with Gasteiger partial charge in [0, 0.05) is 48.2 Å². The van der Waals surface area contributed by atoms with Gasteiger partial charge in [-0.25, -0.2) is 9.60 Å². The molecule has 1 saturated heterocycles. The lowest BCUT2D eigenvalue weighted by Crippen LogP contribution is -2.99. The number of rotatable bonds is 8. The lowest BCUT2D eigenvalue weighted by Gasteiger charge is -2.38. The second kappa shape index (κ2) is 12.2. The molecule has 218 valence electrons. The molecule has 3 N–H and O–H groups in total. The minimum Gasteiger partial charge on any atom is -0.595 e. The van der Waals surface area contributed by atoms with Gasteiger partial charge in [-0.1, -0.05) is 18.0 Å². The van der Waals surface area contributed by atoms with Crippen molar-refractivity contribution in [2.75, 3.05) is 33.0 Å². The van der Waals surface area contributed by atoms with Gasteiger partial charge in [0.1, 0.15) is 5.82 Å². The summed E-state index contributed by atoms with van der Waals surface area (Å²) in [6, 6.07) is 7.62. The van der Waals surface area contributed by atoms with Crippen LogP contribution in [-0.2, 0) is 4.79 Å². The molecule has 1 aliphatic carbocycles. The molecule has 3 aromatic rings. The zero-order chi connectivity index (χ0) is 28.3. The number of hydrogen-bond donors (Lipinski definition) is 3. The number of nitrogens with zero attached hydrogens (tertiary/aromatic N) is 2. The van der Waals surface area contributed by atoms with E-state index in [2.05, 4.69) is 15.4 Å². The van der Waals surface area contributed by atoms with Crippen LogP contribution in [0.3, 0.4) is 0 Å². The number of nitrogens with one attached hydrogen (secondary N) is 2. The number of benzene rings is 2. The third-order valence-corrected chi connectivity index (χ3v) is 8.72. The molecule has 1 unspecified atom stereocenters. The number of quaternary nitrogens is 1. The van der Waals surface area contributed by atoms with E-state index in [1.807, 2.05) is 0 Å². The third-order valence-electron chi connectivity index (χ3n) is 8.72. The Labute approximate surface area is 237 Å². The molecule has 10 nitrogen and oxygen atoms in total. The van der Waals surface area contributed by atoms with Crippen molar-refractivity contribution in [1.29, 1.82) is 0 Å². The Kier molecular flexibility index (Phi) is 8.20. The molecule has 2 aliphatic heterocycles. The van der Waals surface area contributed by atoms with Gasteiger partial charge in [0.15, 0.2) is 22.8 Å². The number of halogens is 1. The Morgan fingerprint density at radius 2 is 1.88 bits per heavy atom. The Morgan fingerprint density at radius 1 is 1.12 bits per heavy atom. The van der Waals surface area contributed by atoms with Crippen molar-refractivity contribution in [3.05, 3.63) is 58.7 Å². The quantitative estimate of drug-likeness (QED) is 0.277. The molecule has 3 aliphatic rings. The molecule has 41 heavy (non-hydrogen) atoms. The van der Waals surface area contributed by atoms with Crippen molar-refractivity contribution in [3.8, 4) is 11.5 Å². The highest BCUT2D eigenvalue weighted by Gasteiger charge is 2.30. The maximum atomic E-state index is 13.5. The third kappa shape index (κ3) is 6.23. The number of fused-ring (bicyclic) bond motifs is 2. The van der Waals surface area contributed by atoms with Crippen LogP contribution in [0.1, 0.15) is 55.7 Å². The van der Waals surface area contributed by atoms with Crippen molar-refractivity contribution < 1.29 is 33.6 Å². The van der Waals surface area contributed by atoms with E-state index in [-0.39, 0.29) is 24.2 Å². The first-order valence-electron chi connectivity index (χ1n) is 14.3. The largest absolute Gasteiger partial charge is 0.595 e. The summed E-state index contributed by atoms with van der Waals surface area (Å²) in [7, 11) is 0. The van der Waals surface area contributed by atoms with Crippen molar-refractivity contribution in [2.45, 2.75) is 44.4 Å². The number of carbonyl (C=O) groups excluding carboxylic acids is 1. The SMILES string of the molecule is O=C(/C=C/c1cc2c(cc1[NH+]([O-])O)OCO2)NC[C@@H]1CCCC[C@H]1CN1CCC(c2noc3cc(F)ccc23)CC1. The fourth-order valence-electron chi connectivity index (χ4n) is 6.48. The number of carbonyl (C=O) groups is 1. The highest BCUT2D eigenvalue weighted by atomic mass is 19.1. The molecule has 0 bridgehead atoms. The van der Waals surface area contributed by atoms with Gasteiger partial charge >= 0.3 is 0 Å². The number of amides is 1. The standard InChI is InChI=1S/C30H35FN4O6/c31-23-6-7-24-26(14-23)41-33-30(24)19-9-11-34(12-10-19)17-22-4-2-1-3-21(22)16-32-29(36)8-5-20-13-27-28(40-18-39-27)15-25(20)35(37)38/h5-8,13-15,19,21-22,35,37H,1-4,9-12,16-18H2,(H,32,36)/b8-5+/t21-,22-/m0/s1. The number of aromatic nitrogens is 1. The predicted molar refractivity (Wildman–Crippen MR) is 148 cm³/mol. The van der Waals surface area contributed by atoms with Gasteiger partial charge in [-0.3, -0.25) is 4.79 Å². The first-order chi connectivity index (χ1) is 19.9. The fraction of sp³-hybridized carbons (Fsp3) is 0.467. The van der Waals surface area contributed by atoms with E-state index in [0.717, 1.165) is 62.8 Å². The zero-order valence-corrected chi connectivity index (χ0v) is 22.8. The highest BCUT2D eigenvalue weighted by Crippen LogP contribution is 2.37. The van der Waals surface area contributed by atoms with E-state index in [0.29, 0.717) is 46.9 Å². The predicted octanol–water partition coefficient (Wildman–Crippen LogP) is 3.91. The first-order valence-corrected chi connectivity index (χ1v) is 14.3. The summed E-state index contributed by atoms with van der Waals surface area (Å²) in [4.78, 5) is 15.2. The van der Waals surface area contributed by atoms with Gasteiger partial charge in [0.05, 0.1) is 5.69 Å². The maximum absolute atomic E-state index is 13.5. The van der Waals surface area contributed by atoms with Crippen LogP contribution in [0, 0.1) is 22.9 Å². The molecule has 1 aromatic heterocycles. The topological polar surface area (TPSA) is 125 Å². The molecule has 1 amide bonds. The van der Waals surface area contributed by atoms with Crippen LogP contribution in [0.25, 0.3) is 17.0 Å². The van der Waals surface area contributed by atoms with Crippen LogP contribution in [0.4, 0.5) is 10.1 Å². The zero-order valence-electron chi connectivity index (χ0n) is 22.8. The summed E-state index contributed by atoms with van der Waals surface area (Å²) in [5.41, 5.74) is 1.88. The number of ether oxygens (including phenoxy) is 2. The molecule has 0 radical (unpaired) electrons. The minimum atomic E-state index is -1.10. The molecule has 6 rings (SSSR count). The Morgan fingerprint density at radius 3 is 2.66 bits per heavy atom. The minimum absolute atomic E-state index is 0.0453. The van der Waals surface area contributed by atoms with Crippen molar-refractivity contribution in [3.63, 3.8) is 0 Å². The summed E-state index contributed by atoms with van der Waals surface area (Å²) in [6.07, 6.45) is 9.45. The van der Waals surface area contributed by atoms with E-state index in [1.165, 1.54) is 36.8 Å². The molecular weight excluding hydrogens is 531 g/mol. The molecule has 1 saturated carbocycles. The van der Waals surface area contributed by atoms with Crippen LogP contribution in [0.15, 0.2) is 40.9 Å².